The molecule has 1 amide bonds. The quantitative estimate of drug-likeness (QED) is 0.558. The summed E-state index contributed by atoms with van der Waals surface area (Å²) >= 11 is 0. The molecule has 0 saturated heterocycles. The van der Waals surface area contributed by atoms with E-state index >= 15 is 0 Å². The monoisotopic (exact) mass is 169 g/mol. The predicted molar refractivity (Wildman–Crippen MR) is 49.1 cm³/mol. The summed E-state index contributed by atoms with van der Waals surface area (Å²) in [6.45, 7) is 2.27. The summed E-state index contributed by atoms with van der Waals surface area (Å²) in [5.74, 6) is 1.42. The fourth-order valence-corrected chi connectivity index (χ4v) is 1.25. The molecule has 0 aliphatic heterocycles. The van der Waals surface area contributed by atoms with Crippen LogP contribution in [0.5, 0.6) is 0 Å². The van der Waals surface area contributed by atoms with Crippen LogP contribution in [0.2, 0.25) is 5.82 Å². The molecule has 0 bridgehead atoms. The summed E-state index contributed by atoms with van der Waals surface area (Å²) in [7, 11) is 6.85. The molecule has 1 saturated carbocycles. The van der Waals surface area contributed by atoms with E-state index < -0.39 is 6.09 Å². The SMILES string of the molecule is COC(N)=O.[B]C1CCC(C)C1. The fraction of sp³-hybridized carbons (Fsp3) is 0.875. The Labute approximate surface area is 75.1 Å². The average Bonchev–Trinajstić information content (AvgIpc) is 2.36. The van der Waals surface area contributed by atoms with Crippen molar-refractivity contribution in [3.8, 4) is 0 Å². The van der Waals surface area contributed by atoms with Crippen LogP contribution in [0.4, 0.5) is 4.79 Å². The number of carbonyl (C=O) groups is 1. The second-order valence-corrected chi connectivity index (χ2v) is 3.20. The van der Waals surface area contributed by atoms with Gasteiger partial charge < -0.3 is 10.5 Å². The molecule has 1 aliphatic rings. The molecule has 0 spiro atoms. The van der Waals surface area contributed by atoms with Crippen LogP contribution >= 0.6 is 0 Å². The van der Waals surface area contributed by atoms with Crippen molar-refractivity contribution in [3.05, 3.63) is 0 Å². The van der Waals surface area contributed by atoms with Crippen molar-refractivity contribution in [2.45, 2.75) is 32.0 Å². The van der Waals surface area contributed by atoms with Gasteiger partial charge in [0.1, 0.15) is 0 Å². The standard InChI is InChI=1S/C6H11B.C2H5NO2/c1-5-2-3-6(7)4-5;1-5-2(3)4/h5-6H,2-4H2,1H3;1H3,(H2,3,4). The van der Waals surface area contributed by atoms with E-state index in [-0.39, 0.29) is 0 Å². The second kappa shape index (κ2) is 5.92. The van der Waals surface area contributed by atoms with Crippen LogP contribution in [0.25, 0.3) is 0 Å². The zero-order chi connectivity index (χ0) is 9.56. The summed E-state index contributed by atoms with van der Waals surface area (Å²) in [6.07, 6.45) is 3.10. The minimum Gasteiger partial charge on any atom is -0.453 e. The molecule has 2 atom stereocenters. The van der Waals surface area contributed by atoms with E-state index in [9.17, 15) is 4.79 Å². The van der Waals surface area contributed by atoms with E-state index in [0.29, 0.717) is 5.82 Å². The highest BCUT2D eigenvalue weighted by atomic mass is 16.5. The number of amides is 1. The number of primary amides is 1. The first-order chi connectivity index (χ1) is 5.56. The predicted octanol–water partition coefficient (Wildman–Crippen LogP) is 1.47. The van der Waals surface area contributed by atoms with Crippen LogP contribution in [0.3, 0.4) is 0 Å². The Bertz CT molecular complexity index is 133. The van der Waals surface area contributed by atoms with E-state index in [4.69, 9.17) is 7.85 Å². The summed E-state index contributed by atoms with van der Waals surface area (Å²) in [5, 5.41) is 0. The van der Waals surface area contributed by atoms with Gasteiger partial charge >= 0.3 is 6.09 Å². The van der Waals surface area contributed by atoms with Crippen molar-refractivity contribution >= 4 is 13.9 Å². The van der Waals surface area contributed by atoms with Gasteiger partial charge in [0.05, 0.1) is 15.0 Å². The van der Waals surface area contributed by atoms with Gasteiger partial charge in [-0.05, 0) is 5.92 Å². The van der Waals surface area contributed by atoms with Crippen LogP contribution in [-0.2, 0) is 4.74 Å². The maximum Gasteiger partial charge on any atom is 0.404 e. The van der Waals surface area contributed by atoms with Crippen molar-refractivity contribution < 1.29 is 9.53 Å². The number of rotatable bonds is 0. The van der Waals surface area contributed by atoms with Crippen LogP contribution in [0, 0.1) is 5.92 Å². The molecule has 1 aliphatic carbocycles. The lowest BCUT2D eigenvalue weighted by atomic mass is 9.86. The highest BCUT2D eigenvalue weighted by molar-refractivity contribution is 6.11. The maximum atomic E-state index is 9.37. The summed E-state index contributed by atoms with van der Waals surface area (Å²) in [4.78, 5) is 9.37. The van der Waals surface area contributed by atoms with Crippen molar-refractivity contribution in [1.29, 1.82) is 0 Å². The lowest BCUT2D eigenvalue weighted by Gasteiger charge is -1.96. The van der Waals surface area contributed by atoms with Gasteiger partial charge in [-0.15, -0.1) is 0 Å². The fourth-order valence-electron chi connectivity index (χ4n) is 1.25. The first kappa shape index (κ1) is 11.3. The summed E-state index contributed by atoms with van der Waals surface area (Å²) in [5.41, 5.74) is 4.43. The lowest BCUT2D eigenvalue weighted by molar-refractivity contribution is 0.182. The van der Waals surface area contributed by atoms with E-state index in [1.807, 2.05) is 0 Å². The molecule has 4 heteroatoms. The molecule has 2 N–H and O–H groups in total. The molecule has 1 rings (SSSR count). The topological polar surface area (TPSA) is 52.3 Å². The molecule has 68 valence electrons. The minimum atomic E-state index is -0.745. The Balaban J connectivity index is 0.000000217. The van der Waals surface area contributed by atoms with E-state index in [2.05, 4.69) is 17.4 Å². The average molecular weight is 169 g/mol. The van der Waals surface area contributed by atoms with Crippen LogP contribution in [0.1, 0.15) is 26.2 Å². The number of ether oxygens (including phenoxy) is 1. The molecule has 0 aromatic rings. The van der Waals surface area contributed by atoms with E-state index in [1.165, 1.54) is 26.4 Å². The van der Waals surface area contributed by atoms with Gasteiger partial charge in [-0.25, -0.2) is 4.79 Å². The van der Waals surface area contributed by atoms with Gasteiger partial charge in [0.25, 0.3) is 0 Å². The van der Waals surface area contributed by atoms with Gasteiger partial charge in [-0.3, -0.25) is 0 Å². The zero-order valence-electron chi connectivity index (χ0n) is 7.75. The van der Waals surface area contributed by atoms with Crippen LogP contribution in [0.15, 0.2) is 0 Å². The number of hydrogen-bond donors (Lipinski definition) is 1. The smallest absolute Gasteiger partial charge is 0.404 e. The Kier molecular flexibility index (Phi) is 5.59. The molecule has 3 nitrogen and oxygen atoms in total. The third-order valence-electron chi connectivity index (χ3n) is 1.94. The van der Waals surface area contributed by atoms with Crippen molar-refractivity contribution in [3.63, 3.8) is 0 Å². The molecule has 0 heterocycles. The second-order valence-electron chi connectivity index (χ2n) is 3.20. The Morgan fingerprint density at radius 3 is 2.17 bits per heavy atom. The van der Waals surface area contributed by atoms with Crippen molar-refractivity contribution in [2.75, 3.05) is 7.11 Å². The van der Waals surface area contributed by atoms with Gasteiger partial charge in [0, 0.05) is 0 Å². The summed E-state index contributed by atoms with van der Waals surface area (Å²) < 4.78 is 3.89. The van der Waals surface area contributed by atoms with Crippen molar-refractivity contribution in [2.24, 2.45) is 11.7 Å². The van der Waals surface area contributed by atoms with Gasteiger partial charge in [0.2, 0.25) is 0 Å². The molecule has 0 aromatic carbocycles. The van der Waals surface area contributed by atoms with Crippen molar-refractivity contribution in [1.82, 2.24) is 0 Å². The van der Waals surface area contributed by atoms with Crippen LogP contribution in [-0.4, -0.2) is 21.0 Å². The number of carbonyl (C=O) groups excluding carboxylic acids is 1. The highest BCUT2D eigenvalue weighted by Crippen LogP contribution is 2.31. The molecule has 12 heavy (non-hydrogen) atoms. The first-order valence-electron chi connectivity index (χ1n) is 4.15. The molecule has 1 fully saturated rings. The Hall–Kier alpha value is -0.665. The molecule has 2 radical (unpaired) electrons. The van der Waals surface area contributed by atoms with Gasteiger partial charge in [0.15, 0.2) is 0 Å². The zero-order valence-corrected chi connectivity index (χ0v) is 7.75. The molecule has 0 aromatic heterocycles. The first-order valence-corrected chi connectivity index (χ1v) is 4.15. The molecular formula is C8H16BNO2. The largest absolute Gasteiger partial charge is 0.453 e. The minimum absolute atomic E-state index is 0.523. The third kappa shape index (κ3) is 6.07. The lowest BCUT2D eigenvalue weighted by Crippen LogP contribution is -2.08. The van der Waals surface area contributed by atoms with E-state index in [1.54, 1.807) is 0 Å². The normalized spacial score (nSPS) is 27.2. The third-order valence-corrected chi connectivity index (χ3v) is 1.94. The van der Waals surface area contributed by atoms with Gasteiger partial charge in [-0.2, -0.15) is 0 Å². The molecular weight excluding hydrogens is 153 g/mol. The number of nitrogens with two attached hydrogens (primary N) is 1. The Morgan fingerprint density at radius 2 is 2.08 bits per heavy atom. The van der Waals surface area contributed by atoms with E-state index in [0.717, 1.165) is 5.92 Å². The number of hydrogen-bond acceptors (Lipinski definition) is 2. The summed E-state index contributed by atoms with van der Waals surface area (Å²) in [6, 6.07) is 0. The number of methoxy groups -OCH3 is 1. The van der Waals surface area contributed by atoms with Crippen LogP contribution < -0.4 is 5.73 Å². The highest BCUT2D eigenvalue weighted by Gasteiger charge is 2.15. The maximum absolute atomic E-state index is 9.37. The van der Waals surface area contributed by atoms with Gasteiger partial charge in [-0.1, -0.05) is 32.0 Å². The molecule has 2 unspecified atom stereocenters. The Morgan fingerprint density at radius 1 is 1.58 bits per heavy atom.